The van der Waals surface area contributed by atoms with Crippen molar-refractivity contribution in [3.8, 4) is 0 Å². The number of rotatable bonds is 7. The van der Waals surface area contributed by atoms with E-state index in [0.717, 1.165) is 31.4 Å². The number of carbonyl (C=O) groups is 1. The second kappa shape index (κ2) is 7.82. The first-order chi connectivity index (χ1) is 9.94. The maximum absolute atomic E-state index is 13.8. The van der Waals surface area contributed by atoms with Gasteiger partial charge in [0.05, 0.1) is 23.7 Å². The first kappa shape index (κ1) is 17.2. The Balaban J connectivity index is 3.25. The number of halogens is 1. The van der Waals surface area contributed by atoms with Gasteiger partial charge in [-0.2, -0.15) is 11.8 Å². The van der Waals surface area contributed by atoms with E-state index in [0.29, 0.717) is 0 Å². The quantitative estimate of drug-likeness (QED) is 0.473. The standard InChI is InChI=1S/C13H17FN2O4S/c1-4-8(7-21-3)15-11-5-9(13(17)20-2)10(14)6-12(11)16(18)19/h5-6,8,15H,4,7H2,1-3H3. The van der Waals surface area contributed by atoms with E-state index in [4.69, 9.17) is 0 Å². The molecule has 6 nitrogen and oxygen atoms in total. The summed E-state index contributed by atoms with van der Waals surface area (Å²) in [6.45, 7) is 1.93. The van der Waals surface area contributed by atoms with E-state index < -0.39 is 22.4 Å². The third-order valence-electron chi connectivity index (χ3n) is 2.91. The van der Waals surface area contributed by atoms with Gasteiger partial charge in [0.25, 0.3) is 5.69 Å². The van der Waals surface area contributed by atoms with E-state index in [9.17, 15) is 19.3 Å². The molecule has 0 aromatic heterocycles. The van der Waals surface area contributed by atoms with Gasteiger partial charge >= 0.3 is 5.97 Å². The number of benzene rings is 1. The van der Waals surface area contributed by atoms with Crippen LogP contribution < -0.4 is 5.32 Å². The molecule has 1 aromatic carbocycles. The van der Waals surface area contributed by atoms with Gasteiger partial charge in [0, 0.05) is 11.8 Å². The number of anilines is 1. The summed E-state index contributed by atoms with van der Waals surface area (Å²) in [4.78, 5) is 21.8. The number of thioether (sulfide) groups is 1. The van der Waals surface area contributed by atoms with Gasteiger partial charge in [0.15, 0.2) is 0 Å². The lowest BCUT2D eigenvalue weighted by Crippen LogP contribution is -2.22. The molecule has 8 heteroatoms. The number of carbonyl (C=O) groups excluding carboxylic acids is 1. The summed E-state index contributed by atoms with van der Waals surface area (Å²) in [5.41, 5.74) is -0.619. The number of hydrogen-bond donors (Lipinski definition) is 1. The van der Waals surface area contributed by atoms with Crippen LogP contribution >= 0.6 is 11.8 Å². The van der Waals surface area contributed by atoms with Crippen LogP contribution in [0.15, 0.2) is 12.1 Å². The molecule has 0 spiro atoms. The molecule has 0 aliphatic heterocycles. The molecular formula is C13H17FN2O4S. The fraction of sp³-hybridized carbons (Fsp3) is 0.462. The fourth-order valence-corrected chi connectivity index (χ4v) is 2.50. The fourth-order valence-electron chi connectivity index (χ4n) is 1.78. The number of nitrogens with one attached hydrogen (secondary N) is 1. The van der Waals surface area contributed by atoms with Crippen molar-refractivity contribution in [2.24, 2.45) is 0 Å². The van der Waals surface area contributed by atoms with Crippen molar-refractivity contribution in [1.82, 2.24) is 0 Å². The summed E-state index contributed by atoms with van der Waals surface area (Å²) in [7, 11) is 1.12. The third-order valence-corrected chi connectivity index (χ3v) is 3.64. The summed E-state index contributed by atoms with van der Waals surface area (Å²) in [6.07, 6.45) is 2.66. The molecule has 0 fully saturated rings. The Kier molecular flexibility index (Phi) is 6.41. The van der Waals surface area contributed by atoms with Crippen LogP contribution in [0.5, 0.6) is 0 Å². The zero-order chi connectivity index (χ0) is 16.0. The van der Waals surface area contributed by atoms with Crippen molar-refractivity contribution in [3.63, 3.8) is 0 Å². The van der Waals surface area contributed by atoms with Gasteiger partial charge in [0.1, 0.15) is 11.5 Å². The minimum absolute atomic E-state index is 0.0188. The summed E-state index contributed by atoms with van der Waals surface area (Å²) in [6, 6.07) is 1.84. The summed E-state index contributed by atoms with van der Waals surface area (Å²) >= 11 is 1.59. The maximum Gasteiger partial charge on any atom is 0.340 e. The van der Waals surface area contributed by atoms with E-state index in [1.807, 2.05) is 13.2 Å². The van der Waals surface area contributed by atoms with Gasteiger partial charge in [-0.1, -0.05) is 6.92 Å². The Hall–Kier alpha value is -1.83. The zero-order valence-corrected chi connectivity index (χ0v) is 12.8. The summed E-state index contributed by atoms with van der Waals surface area (Å²) in [5, 5.41) is 14.0. The summed E-state index contributed by atoms with van der Waals surface area (Å²) < 4.78 is 18.2. The van der Waals surface area contributed by atoms with Crippen LogP contribution in [0.25, 0.3) is 0 Å². The van der Waals surface area contributed by atoms with Gasteiger partial charge in [0.2, 0.25) is 0 Å². The lowest BCUT2D eigenvalue weighted by molar-refractivity contribution is -0.384. The molecule has 1 aromatic rings. The predicted molar refractivity (Wildman–Crippen MR) is 80.5 cm³/mol. The van der Waals surface area contributed by atoms with Gasteiger partial charge in [-0.15, -0.1) is 0 Å². The Labute approximate surface area is 126 Å². The highest BCUT2D eigenvalue weighted by Gasteiger charge is 2.23. The van der Waals surface area contributed by atoms with Crippen LogP contribution in [0.4, 0.5) is 15.8 Å². The third kappa shape index (κ3) is 4.32. The van der Waals surface area contributed by atoms with Crippen LogP contribution in [0.3, 0.4) is 0 Å². The molecule has 0 amide bonds. The topological polar surface area (TPSA) is 81.5 Å². The number of nitro benzene ring substituents is 1. The zero-order valence-electron chi connectivity index (χ0n) is 12.0. The largest absolute Gasteiger partial charge is 0.465 e. The molecule has 1 rings (SSSR count). The monoisotopic (exact) mass is 316 g/mol. The highest BCUT2D eigenvalue weighted by Crippen LogP contribution is 2.29. The second-order valence-corrected chi connectivity index (χ2v) is 5.21. The Morgan fingerprint density at radius 3 is 2.71 bits per heavy atom. The molecular weight excluding hydrogens is 299 g/mol. The van der Waals surface area contributed by atoms with Gasteiger partial charge in [-0.25, -0.2) is 9.18 Å². The molecule has 0 aliphatic carbocycles. The SMILES string of the molecule is CCC(CSC)Nc1cc(C(=O)OC)c(F)cc1[N+](=O)[O-]. The van der Waals surface area contributed by atoms with Gasteiger partial charge in [-0.3, -0.25) is 10.1 Å². The van der Waals surface area contributed by atoms with Crippen LogP contribution in [0, 0.1) is 15.9 Å². The molecule has 1 unspecified atom stereocenters. The minimum Gasteiger partial charge on any atom is -0.465 e. The average molecular weight is 316 g/mol. The van der Waals surface area contributed by atoms with Gasteiger partial charge < -0.3 is 10.1 Å². The molecule has 21 heavy (non-hydrogen) atoms. The minimum atomic E-state index is -0.975. The van der Waals surface area contributed by atoms with Crippen molar-refractivity contribution < 1.29 is 18.8 Å². The molecule has 0 aliphatic rings. The van der Waals surface area contributed by atoms with Crippen molar-refractivity contribution in [2.45, 2.75) is 19.4 Å². The average Bonchev–Trinajstić information content (AvgIpc) is 2.46. The molecule has 0 saturated carbocycles. The number of ether oxygens (including phenoxy) is 1. The molecule has 116 valence electrons. The first-order valence-electron chi connectivity index (χ1n) is 6.26. The maximum atomic E-state index is 13.8. The molecule has 0 radical (unpaired) electrons. The van der Waals surface area contributed by atoms with Crippen LogP contribution in [-0.2, 0) is 4.74 Å². The van der Waals surface area contributed by atoms with Crippen LogP contribution in [0.1, 0.15) is 23.7 Å². The first-order valence-corrected chi connectivity index (χ1v) is 7.65. The van der Waals surface area contributed by atoms with Crippen molar-refractivity contribution >= 4 is 29.1 Å². The highest BCUT2D eigenvalue weighted by atomic mass is 32.2. The number of methoxy groups -OCH3 is 1. The van der Waals surface area contributed by atoms with E-state index in [2.05, 4.69) is 10.1 Å². The lowest BCUT2D eigenvalue weighted by Gasteiger charge is -2.17. The lowest BCUT2D eigenvalue weighted by atomic mass is 10.1. The van der Waals surface area contributed by atoms with Gasteiger partial charge in [-0.05, 0) is 18.7 Å². The molecule has 1 atom stereocenters. The Morgan fingerprint density at radius 2 is 2.24 bits per heavy atom. The normalized spacial score (nSPS) is 11.8. The molecule has 0 heterocycles. The number of esters is 1. The second-order valence-electron chi connectivity index (χ2n) is 4.30. The molecule has 1 N–H and O–H groups in total. The Bertz CT molecular complexity index is 539. The molecule has 0 bridgehead atoms. The van der Waals surface area contributed by atoms with E-state index >= 15 is 0 Å². The van der Waals surface area contributed by atoms with Crippen LogP contribution in [-0.4, -0.2) is 36.1 Å². The van der Waals surface area contributed by atoms with Crippen molar-refractivity contribution in [2.75, 3.05) is 24.4 Å². The van der Waals surface area contributed by atoms with E-state index in [1.165, 1.54) is 0 Å². The molecule has 0 saturated heterocycles. The van der Waals surface area contributed by atoms with Crippen LogP contribution in [0.2, 0.25) is 0 Å². The van der Waals surface area contributed by atoms with E-state index in [1.54, 1.807) is 11.8 Å². The van der Waals surface area contributed by atoms with Crippen molar-refractivity contribution in [3.05, 3.63) is 33.6 Å². The van der Waals surface area contributed by atoms with Crippen molar-refractivity contribution in [1.29, 1.82) is 0 Å². The predicted octanol–water partition coefficient (Wildman–Crippen LogP) is 3.07. The van der Waals surface area contributed by atoms with E-state index in [-0.39, 0.29) is 17.3 Å². The number of hydrogen-bond acceptors (Lipinski definition) is 6. The smallest absolute Gasteiger partial charge is 0.340 e. The highest BCUT2D eigenvalue weighted by molar-refractivity contribution is 7.98. The number of nitrogens with zero attached hydrogens (tertiary/aromatic N) is 1. The number of nitro groups is 1. The summed E-state index contributed by atoms with van der Waals surface area (Å²) in [5.74, 6) is -1.11. The Morgan fingerprint density at radius 1 is 1.57 bits per heavy atom.